The smallest absolute Gasteiger partial charge is 0.248 e. The highest BCUT2D eigenvalue weighted by atomic mass is 16.5. The van der Waals surface area contributed by atoms with Crippen molar-refractivity contribution in [2.75, 3.05) is 31.2 Å². The molecule has 0 radical (unpaired) electrons. The molecule has 2 aromatic rings. The van der Waals surface area contributed by atoms with E-state index in [0.29, 0.717) is 43.0 Å². The quantitative estimate of drug-likeness (QED) is 0.281. The summed E-state index contributed by atoms with van der Waals surface area (Å²) in [6.07, 6.45) is 5.51. The van der Waals surface area contributed by atoms with E-state index >= 15 is 0 Å². The molecule has 9 nitrogen and oxygen atoms in total. The Hall–Kier alpha value is -3.95. The van der Waals surface area contributed by atoms with Gasteiger partial charge in [0.05, 0.1) is 37.2 Å². The van der Waals surface area contributed by atoms with Gasteiger partial charge in [-0.3, -0.25) is 14.4 Å². The number of aliphatic hydroxyl groups excluding tert-OH is 1. The zero-order valence-corrected chi connectivity index (χ0v) is 27.2. The molecule has 0 saturated carbocycles. The van der Waals surface area contributed by atoms with E-state index in [0.717, 1.165) is 12.8 Å². The summed E-state index contributed by atoms with van der Waals surface area (Å²) in [5.41, 5.74) is 0.165. The van der Waals surface area contributed by atoms with Crippen LogP contribution in [0.4, 0.5) is 5.69 Å². The van der Waals surface area contributed by atoms with Gasteiger partial charge in [0.1, 0.15) is 17.4 Å². The minimum absolute atomic E-state index is 0.106. The van der Waals surface area contributed by atoms with Crippen molar-refractivity contribution < 1.29 is 29.0 Å². The van der Waals surface area contributed by atoms with Crippen molar-refractivity contribution in [2.24, 2.45) is 11.8 Å². The minimum atomic E-state index is -1.20. The van der Waals surface area contributed by atoms with E-state index in [4.69, 9.17) is 9.47 Å². The lowest BCUT2D eigenvalue weighted by atomic mass is 9.70. The topological polar surface area (TPSA) is 99.6 Å². The second-order valence-electron chi connectivity index (χ2n) is 12.5. The maximum Gasteiger partial charge on any atom is 0.248 e. The summed E-state index contributed by atoms with van der Waals surface area (Å²) < 4.78 is 12.4. The fourth-order valence-electron chi connectivity index (χ4n) is 7.89. The molecule has 9 heteroatoms. The van der Waals surface area contributed by atoms with Crippen LogP contribution in [0.25, 0.3) is 0 Å². The molecule has 246 valence electrons. The van der Waals surface area contributed by atoms with Gasteiger partial charge in [-0.15, -0.1) is 13.2 Å². The average Bonchev–Trinajstić information content (AvgIpc) is 3.71. The molecule has 3 heterocycles. The monoisotopic (exact) mass is 629 g/mol. The molecule has 0 aromatic heterocycles. The third-order valence-electron chi connectivity index (χ3n) is 9.83. The fourth-order valence-corrected chi connectivity index (χ4v) is 7.89. The Balaban J connectivity index is 1.59. The van der Waals surface area contributed by atoms with Gasteiger partial charge in [0.25, 0.3) is 0 Å². The number of amides is 3. The Morgan fingerprint density at radius 2 is 1.78 bits per heavy atom. The van der Waals surface area contributed by atoms with E-state index in [1.54, 1.807) is 22.0 Å². The van der Waals surface area contributed by atoms with Crippen LogP contribution in [0.5, 0.6) is 5.75 Å². The van der Waals surface area contributed by atoms with Gasteiger partial charge in [-0.25, -0.2) is 0 Å². The molecule has 0 aliphatic carbocycles. The third-order valence-corrected chi connectivity index (χ3v) is 9.83. The molecule has 2 bridgehead atoms. The largest absolute Gasteiger partial charge is 0.494 e. The van der Waals surface area contributed by atoms with Crippen LogP contribution in [0.1, 0.15) is 58.1 Å². The summed E-state index contributed by atoms with van der Waals surface area (Å²) in [7, 11) is 0. The van der Waals surface area contributed by atoms with E-state index in [-0.39, 0.29) is 36.9 Å². The summed E-state index contributed by atoms with van der Waals surface area (Å²) in [4.78, 5) is 49.1. The Kier molecular flexibility index (Phi) is 10.3. The summed E-state index contributed by atoms with van der Waals surface area (Å²) in [5.74, 6) is -1.82. The minimum Gasteiger partial charge on any atom is -0.494 e. The van der Waals surface area contributed by atoms with Crippen molar-refractivity contribution in [3.8, 4) is 5.75 Å². The predicted octanol–water partition coefficient (Wildman–Crippen LogP) is 4.92. The summed E-state index contributed by atoms with van der Waals surface area (Å²) in [6.45, 7) is 14.5. The van der Waals surface area contributed by atoms with Crippen molar-refractivity contribution in [2.45, 2.75) is 76.3 Å². The van der Waals surface area contributed by atoms with Gasteiger partial charge in [0.15, 0.2) is 0 Å². The van der Waals surface area contributed by atoms with Crippen LogP contribution in [0.15, 0.2) is 79.9 Å². The molecule has 2 aromatic carbocycles. The Morgan fingerprint density at radius 1 is 1.09 bits per heavy atom. The van der Waals surface area contributed by atoms with Crippen LogP contribution in [0, 0.1) is 11.8 Å². The molecule has 3 saturated heterocycles. The zero-order chi connectivity index (χ0) is 33.0. The van der Waals surface area contributed by atoms with E-state index < -0.39 is 35.6 Å². The van der Waals surface area contributed by atoms with E-state index in [1.165, 1.54) is 4.90 Å². The molecule has 1 N–H and O–H groups in total. The lowest BCUT2D eigenvalue weighted by molar-refractivity contribution is -0.152. The fraction of sp³-hybridized carbons (Fsp3) is 0.486. The molecule has 3 aliphatic heterocycles. The molecular formula is C37H47N3O6. The molecule has 3 amide bonds. The molecule has 7 atom stereocenters. The van der Waals surface area contributed by atoms with Gasteiger partial charge < -0.3 is 29.3 Å². The number of carbonyl (C=O) groups excluding carboxylic acids is 3. The van der Waals surface area contributed by atoms with Gasteiger partial charge >= 0.3 is 0 Å². The van der Waals surface area contributed by atoms with E-state index in [1.807, 2.05) is 68.4 Å². The van der Waals surface area contributed by atoms with Gasteiger partial charge in [0.2, 0.25) is 17.7 Å². The van der Waals surface area contributed by atoms with Crippen molar-refractivity contribution in [1.82, 2.24) is 9.80 Å². The van der Waals surface area contributed by atoms with Crippen molar-refractivity contribution in [1.29, 1.82) is 0 Å². The Bertz CT molecular complexity index is 1410. The predicted molar refractivity (Wildman–Crippen MR) is 177 cm³/mol. The van der Waals surface area contributed by atoms with Crippen molar-refractivity contribution >= 4 is 23.4 Å². The van der Waals surface area contributed by atoms with Gasteiger partial charge in [-0.1, -0.05) is 55.8 Å². The summed E-state index contributed by atoms with van der Waals surface area (Å²) in [6, 6.07) is 14.6. The van der Waals surface area contributed by atoms with Gasteiger partial charge in [-0.05, 0) is 62.9 Å². The SMILES string of the molecule is C=CCN(C(=O)[C@@H]1[C@@H]2CCC3(O2)C(C(=O)N(CC=C)C(C)CCC)N([C@H](CO)c2ccccc2)C(=O)[C@H]13)c1ccc(OCC)cc1. The maximum absolute atomic E-state index is 14.8. The Labute approximate surface area is 272 Å². The first-order valence-corrected chi connectivity index (χ1v) is 16.5. The second kappa shape index (κ2) is 14.2. The third kappa shape index (κ3) is 5.75. The molecule has 5 rings (SSSR count). The van der Waals surface area contributed by atoms with Crippen LogP contribution >= 0.6 is 0 Å². The van der Waals surface area contributed by atoms with Crippen LogP contribution in [-0.4, -0.2) is 82.7 Å². The lowest BCUT2D eigenvalue weighted by Crippen LogP contribution is -2.58. The number of carbonyl (C=O) groups is 3. The highest BCUT2D eigenvalue weighted by Gasteiger charge is 2.75. The van der Waals surface area contributed by atoms with Crippen LogP contribution in [-0.2, 0) is 19.1 Å². The average molecular weight is 630 g/mol. The first kappa shape index (κ1) is 33.4. The van der Waals surface area contributed by atoms with Crippen molar-refractivity contribution in [3.63, 3.8) is 0 Å². The number of hydrogen-bond acceptors (Lipinski definition) is 6. The summed E-state index contributed by atoms with van der Waals surface area (Å²) >= 11 is 0. The molecule has 3 aliphatic rings. The lowest BCUT2D eigenvalue weighted by Gasteiger charge is -2.41. The van der Waals surface area contributed by atoms with Gasteiger partial charge in [-0.2, -0.15) is 0 Å². The number of anilines is 1. The summed E-state index contributed by atoms with van der Waals surface area (Å²) in [5, 5.41) is 10.8. The van der Waals surface area contributed by atoms with Crippen LogP contribution in [0.2, 0.25) is 0 Å². The van der Waals surface area contributed by atoms with E-state index in [9.17, 15) is 19.5 Å². The number of rotatable bonds is 15. The standard InChI is InChI=1S/C37H47N3O6/c1-6-13-25(5)38(22-7-2)36(44)33-37-21-20-30(46-37)31(32(37)35(43)40(33)29(24-41)26-14-11-10-12-15-26)34(42)39(23-8-3)27-16-18-28(19-17-27)45-9-4/h7-8,10-12,14-19,25,29-33,41H,2-3,6,9,13,20-24H2,1,4-5H3/t25?,29-,30+,31-,32+,33?,37?/m1/s1. The molecular weight excluding hydrogens is 582 g/mol. The highest BCUT2D eigenvalue weighted by Crippen LogP contribution is 2.60. The first-order chi connectivity index (χ1) is 22.3. The number of nitrogens with zero attached hydrogens (tertiary/aromatic N) is 3. The number of ether oxygens (including phenoxy) is 2. The number of aliphatic hydroxyl groups is 1. The molecule has 3 fully saturated rings. The van der Waals surface area contributed by atoms with Crippen LogP contribution < -0.4 is 9.64 Å². The number of hydrogen-bond donors (Lipinski definition) is 1. The number of benzene rings is 2. The number of likely N-dealkylation sites (tertiary alicyclic amines) is 1. The number of fused-ring (bicyclic) bond motifs is 1. The van der Waals surface area contributed by atoms with E-state index in [2.05, 4.69) is 20.1 Å². The normalized spacial score (nSPS) is 25.9. The van der Waals surface area contributed by atoms with Crippen LogP contribution in [0.3, 0.4) is 0 Å². The molecule has 3 unspecified atom stereocenters. The second-order valence-corrected chi connectivity index (χ2v) is 12.5. The molecule has 1 spiro atoms. The maximum atomic E-state index is 14.8. The first-order valence-electron chi connectivity index (χ1n) is 16.5. The molecule has 46 heavy (non-hydrogen) atoms. The van der Waals surface area contributed by atoms with Crippen molar-refractivity contribution in [3.05, 3.63) is 85.5 Å². The zero-order valence-electron chi connectivity index (χ0n) is 27.2. The highest BCUT2D eigenvalue weighted by molar-refractivity contribution is 6.03. The van der Waals surface area contributed by atoms with Gasteiger partial charge in [0, 0.05) is 24.8 Å². The Morgan fingerprint density at radius 3 is 2.39 bits per heavy atom.